The van der Waals surface area contributed by atoms with Crippen molar-refractivity contribution in [2.75, 3.05) is 33.4 Å². The van der Waals surface area contributed by atoms with E-state index >= 15 is 0 Å². The van der Waals surface area contributed by atoms with Crippen molar-refractivity contribution < 1.29 is 9.84 Å². The molecule has 0 saturated carbocycles. The SMILES string of the molecule is COc1ccc(CCN2CCC(CO)CC2)cc1. The third kappa shape index (κ3) is 3.72. The molecule has 1 saturated heterocycles. The minimum absolute atomic E-state index is 0.353. The maximum Gasteiger partial charge on any atom is 0.118 e. The van der Waals surface area contributed by atoms with Crippen molar-refractivity contribution in [3.8, 4) is 5.75 Å². The Morgan fingerprint density at radius 3 is 2.44 bits per heavy atom. The second-order valence-corrected chi connectivity index (χ2v) is 5.07. The molecule has 0 unspecified atom stereocenters. The van der Waals surface area contributed by atoms with Crippen LogP contribution in [-0.4, -0.2) is 43.4 Å². The van der Waals surface area contributed by atoms with Crippen LogP contribution in [0.25, 0.3) is 0 Å². The van der Waals surface area contributed by atoms with Crippen LogP contribution in [0.2, 0.25) is 0 Å². The maximum atomic E-state index is 9.10. The number of nitrogens with zero attached hydrogens (tertiary/aromatic N) is 1. The number of methoxy groups -OCH3 is 1. The highest BCUT2D eigenvalue weighted by Crippen LogP contribution is 2.17. The van der Waals surface area contributed by atoms with Gasteiger partial charge in [0.05, 0.1) is 7.11 Å². The predicted molar refractivity (Wildman–Crippen MR) is 72.9 cm³/mol. The van der Waals surface area contributed by atoms with E-state index in [2.05, 4.69) is 17.0 Å². The van der Waals surface area contributed by atoms with Crippen molar-refractivity contribution >= 4 is 0 Å². The van der Waals surface area contributed by atoms with Crippen LogP contribution in [0.15, 0.2) is 24.3 Å². The fourth-order valence-electron chi connectivity index (χ4n) is 2.47. The first-order valence-corrected chi connectivity index (χ1v) is 6.78. The number of ether oxygens (including phenoxy) is 1. The molecule has 0 aliphatic carbocycles. The lowest BCUT2D eigenvalue weighted by molar-refractivity contribution is 0.132. The van der Waals surface area contributed by atoms with Crippen LogP contribution in [0.4, 0.5) is 0 Å². The summed E-state index contributed by atoms with van der Waals surface area (Å²) in [6, 6.07) is 8.32. The van der Waals surface area contributed by atoms with Crippen molar-refractivity contribution in [3.05, 3.63) is 29.8 Å². The molecule has 0 atom stereocenters. The van der Waals surface area contributed by atoms with Crippen molar-refractivity contribution in [3.63, 3.8) is 0 Å². The van der Waals surface area contributed by atoms with Gasteiger partial charge in [0.15, 0.2) is 0 Å². The van der Waals surface area contributed by atoms with Crippen molar-refractivity contribution in [1.82, 2.24) is 4.90 Å². The summed E-state index contributed by atoms with van der Waals surface area (Å²) in [5, 5.41) is 9.10. The van der Waals surface area contributed by atoms with Gasteiger partial charge in [-0.25, -0.2) is 0 Å². The molecule has 1 aromatic rings. The Morgan fingerprint density at radius 1 is 1.22 bits per heavy atom. The molecular weight excluding hydrogens is 226 g/mol. The van der Waals surface area contributed by atoms with Gasteiger partial charge in [-0.15, -0.1) is 0 Å². The van der Waals surface area contributed by atoms with E-state index < -0.39 is 0 Å². The van der Waals surface area contributed by atoms with Gasteiger partial charge in [-0.3, -0.25) is 0 Å². The number of aliphatic hydroxyl groups is 1. The molecule has 3 heteroatoms. The van der Waals surface area contributed by atoms with Gasteiger partial charge in [0.1, 0.15) is 5.75 Å². The highest BCUT2D eigenvalue weighted by atomic mass is 16.5. The van der Waals surface area contributed by atoms with Crippen molar-refractivity contribution in [2.24, 2.45) is 5.92 Å². The van der Waals surface area contributed by atoms with E-state index in [4.69, 9.17) is 9.84 Å². The predicted octanol–water partition coefficient (Wildman–Crippen LogP) is 1.94. The van der Waals surface area contributed by atoms with E-state index in [-0.39, 0.29) is 0 Å². The summed E-state index contributed by atoms with van der Waals surface area (Å²) < 4.78 is 5.15. The number of hydrogen-bond donors (Lipinski definition) is 1. The minimum Gasteiger partial charge on any atom is -0.497 e. The standard InChI is InChI=1S/C15H23NO2/c1-18-15-4-2-13(3-5-15)6-9-16-10-7-14(12-17)8-11-16/h2-5,14,17H,6-12H2,1H3. The van der Waals surface area contributed by atoms with Crippen molar-refractivity contribution in [1.29, 1.82) is 0 Å². The van der Waals surface area contributed by atoms with Crippen LogP contribution >= 0.6 is 0 Å². The Labute approximate surface area is 109 Å². The third-order valence-corrected chi connectivity index (χ3v) is 3.84. The Bertz CT molecular complexity index is 342. The average molecular weight is 249 g/mol. The zero-order chi connectivity index (χ0) is 12.8. The molecule has 100 valence electrons. The fraction of sp³-hybridized carbons (Fsp3) is 0.600. The van der Waals surface area contributed by atoms with Gasteiger partial charge in [-0.05, 0) is 56.0 Å². The second-order valence-electron chi connectivity index (χ2n) is 5.07. The molecular formula is C15H23NO2. The van der Waals surface area contributed by atoms with Crippen LogP contribution in [0, 0.1) is 5.92 Å². The summed E-state index contributed by atoms with van der Waals surface area (Å²) in [6.07, 6.45) is 3.37. The molecule has 1 fully saturated rings. The van der Waals surface area contributed by atoms with Gasteiger partial charge in [0.25, 0.3) is 0 Å². The summed E-state index contributed by atoms with van der Waals surface area (Å²) in [6.45, 7) is 3.72. The molecule has 0 amide bonds. The van der Waals surface area contributed by atoms with Crippen LogP contribution in [-0.2, 0) is 6.42 Å². The van der Waals surface area contributed by atoms with Gasteiger partial charge in [0.2, 0.25) is 0 Å². The first kappa shape index (κ1) is 13.4. The van der Waals surface area contributed by atoms with Crippen molar-refractivity contribution in [2.45, 2.75) is 19.3 Å². The minimum atomic E-state index is 0.353. The van der Waals surface area contributed by atoms with Crippen LogP contribution in [0.3, 0.4) is 0 Å². The maximum absolute atomic E-state index is 9.10. The monoisotopic (exact) mass is 249 g/mol. The zero-order valence-corrected chi connectivity index (χ0v) is 11.1. The van der Waals surface area contributed by atoms with E-state index in [0.717, 1.165) is 44.6 Å². The van der Waals surface area contributed by atoms with Gasteiger partial charge in [-0.2, -0.15) is 0 Å². The van der Waals surface area contributed by atoms with E-state index in [0.29, 0.717) is 12.5 Å². The normalized spacial score (nSPS) is 17.9. The van der Waals surface area contributed by atoms with Gasteiger partial charge in [-0.1, -0.05) is 12.1 Å². The molecule has 0 aromatic heterocycles. The molecule has 1 aliphatic heterocycles. The molecule has 1 heterocycles. The zero-order valence-electron chi connectivity index (χ0n) is 11.1. The number of aliphatic hydroxyl groups excluding tert-OH is 1. The Balaban J connectivity index is 1.74. The van der Waals surface area contributed by atoms with Gasteiger partial charge in [0, 0.05) is 13.2 Å². The lowest BCUT2D eigenvalue weighted by Crippen LogP contribution is -2.36. The largest absolute Gasteiger partial charge is 0.497 e. The number of likely N-dealkylation sites (tertiary alicyclic amines) is 1. The third-order valence-electron chi connectivity index (χ3n) is 3.84. The molecule has 0 radical (unpaired) electrons. The summed E-state index contributed by atoms with van der Waals surface area (Å²) in [5.74, 6) is 1.45. The molecule has 18 heavy (non-hydrogen) atoms. The Kier molecular flexibility index (Phi) is 5.02. The first-order valence-electron chi connectivity index (χ1n) is 6.78. The first-order chi connectivity index (χ1) is 8.81. The molecule has 0 spiro atoms. The Morgan fingerprint density at radius 2 is 1.89 bits per heavy atom. The summed E-state index contributed by atoms with van der Waals surface area (Å²) in [5.41, 5.74) is 1.36. The highest BCUT2D eigenvalue weighted by molar-refractivity contribution is 5.27. The van der Waals surface area contributed by atoms with E-state index in [1.807, 2.05) is 12.1 Å². The molecule has 0 bridgehead atoms. The van der Waals surface area contributed by atoms with E-state index in [1.165, 1.54) is 5.56 Å². The number of rotatable bonds is 5. The lowest BCUT2D eigenvalue weighted by Gasteiger charge is -2.30. The van der Waals surface area contributed by atoms with Crippen LogP contribution in [0.5, 0.6) is 5.75 Å². The van der Waals surface area contributed by atoms with Gasteiger partial charge >= 0.3 is 0 Å². The number of piperidine rings is 1. The van der Waals surface area contributed by atoms with E-state index in [1.54, 1.807) is 7.11 Å². The molecule has 1 N–H and O–H groups in total. The van der Waals surface area contributed by atoms with Crippen LogP contribution in [0.1, 0.15) is 18.4 Å². The molecule has 1 aromatic carbocycles. The second kappa shape index (κ2) is 6.76. The summed E-state index contributed by atoms with van der Waals surface area (Å²) >= 11 is 0. The summed E-state index contributed by atoms with van der Waals surface area (Å²) in [7, 11) is 1.69. The molecule has 2 rings (SSSR count). The number of benzene rings is 1. The topological polar surface area (TPSA) is 32.7 Å². The number of hydrogen-bond acceptors (Lipinski definition) is 3. The molecule has 1 aliphatic rings. The quantitative estimate of drug-likeness (QED) is 0.865. The Hall–Kier alpha value is -1.06. The molecule has 3 nitrogen and oxygen atoms in total. The van der Waals surface area contributed by atoms with Gasteiger partial charge < -0.3 is 14.7 Å². The fourth-order valence-corrected chi connectivity index (χ4v) is 2.47. The van der Waals surface area contributed by atoms with Crippen LogP contribution < -0.4 is 4.74 Å². The average Bonchev–Trinajstić information content (AvgIpc) is 2.46. The lowest BCUT2D eigenvalue weighted by atomic mass is 9.97. The smallest absolute Gasteiger partial charge is 0.118 e. The highest BCUT2D eigenvalue weighted by Gasteiger charge is 2.17. The van der Waals surface area contributed by atoms with E-state index in [9.17, 15) is 0 Å². The summed E-state index contributed by atoms with van der Waals surface area (Å²) in [4.78, 5) is 2.50.